The van der Waals surface area contributed by atoms with Gasteiger partial charge in [0.15, 0.2) is 0 Å². The normalized spacial score (nSPS) is 45.1. The topological polar surface area (TPSA) is 20.2 Å². The molecule has 30 heavy (non-hydrogen) atoms. The molecule has 1 heteroatoms. The van der Waals surface area contributed by atoms with Gasteiger partial charge in [0.2, 0.25) is 0 Å². The fourth-order valence-electron chi connectivity index (χ4n) is 9.09. The fraction of sp³-hybridized carbons (Fsp3) is 0.931. The first kappa shape index (κ1) is 22.9. The molecule has 4 aliphatic carbocycles. The van der Waals surface area contributed by atoms with E-state index in [2.05, 4.69) is 40.7 Å². The van der Waals surface area contributed by atoms with Crippen LogP contribution in [-0.2, 0) is 0 Å². The van der Waals surface area contributed by atoms with E-state index in [-0.39, 0.29) is 6.10 Å². The van der Waals surface area contributed by atoms with Crippen LogP contribution in [0, 0.1) is 46.3 Å². The standard InChI is InChI=1S/C29H50O/c1-6-8-20(2)9-7-10-21(3)25-13-14-26-24-12-11-22-19-23(30)15-17-28(22,4)27(24)16-18-29(25,26)5/h12,20-23,25-27,30H,6-11,13-19H2,1-5H3/t20?,21-,22?,23+,25-,26+,27+,28+,29-/m1/s1. The molecular weight excluding hydrogens is 364 g/mol. The van der Waals surface area contributed by atoms with Crippen molar-refractivity contribution in [2.45, 2.75) is 124 Å². The molecule has 4 rings (SSSR count). The van der Waals surface area contributed by atoms with Crippen LogP contribution < -0.4 is 0 Å². The molecule has 9 atom stereocenters. The summed E-state index contributed by atoms with van der Waals surface area (Å²) in [5.41, 5.74) is 2.89. The first-order valence-corrected chi connectivity index (χ1v) is 13.7. The van der Waals surface area contributed by atoms with Crippen LogP contribution in [-0.4, -0.2) is 11.2 Å². The highest BCUT2D eigenvalue weighted by atomic mass is 16.3. The molecule has 0 heterocycles. The molecule has 0 aromatic rings. The van der Waals surface area contributed by atoms with Crippen LogP contribution in [0.3, 0.4) is 0 Å². The van der Waals surface area contributed by atoms with E-state index in [1.165, 1.54) is 70.6 Å². The van der Waals surface area contributed by atoms with Gasteiger partial charge in [-0.15, -0.1) is 0 Å². The van der Waals surface area contributed by atoms with Crippen LogP contribution in [0.4, 0.5) is 0 Å². The van der Waals surface area contributed by atoms with Crippen LogP contribution in [0.1, 0.15) is 118 Å². The van der Waals surface area contributed by atoms with Gasteiger partial charge in [0.05, 0.1) is 6.10 Å². The van der Waals surface area contributed by atoms with Crippen molar-refractivity contribution < 1.29 is 5.11 Å². The van der Waals surface area contributed by atoms with Gasteiger partial charge in [-0.3, -0.25) is 0 Å². The first-order valence-electron chi connectivity index (χ1n) is 13.7. The van der Waals surface area contributed by atoms with E-state index in [4.69, 9.17) is 0 Å². The van der Waals surface area contributed by atoms with Gasteiger partial charge < -0.3 is 5.11 Å². The summed E-state index contributed by atoms with van der Waals surface area (Å²) in [4.78, 5) is 0. The van der Waals surface area contributed by atoms with Crippen molar-refractivity contribution in [2.24, 2.45) is 46.3 Å². The summed E-state index contributed by atoms with van der Waals surface area (Å²) in [5, 5.41) is 10.3. The van der Waals surface area contributed by atoms with Gasteiger partial charge in [-0.05, 0) is 97.7 Å². The Bertz CT molecular complexity index is 622. The number of aliphatic hydroxyl groups excluding tert-OH is 1. The molecule has 1 nitrogen and oxygen atoms in total. The third-order valence-electron chi connectivity index (χ3n) is 11.0. The lowest BCUT2D eigenvalue weighted by atomic mass is 9.47. The molecule has 3 saturated carbocycles. The Morgan fingerprint density at radius 2 is 1.70 bits per heavy atom. The minimum Gasteiger partial charge on any atom is -0.393 e. The predicted octanol–water partition coefficient (Wildman–Crippen LogP) is 8.17. The number of rotatable bonds is 7. The first-order chi connectivity index (χ1) is 14.3. The van der Waals surface area contributed by atoms with E-state index in [1.807, 2.05) is 5.57 Å². The van der Waals surface area contributed by atoms with E-state index in [1.54, 1.807) is 0 Å². The minimum atomic E-state index is -0.0383. The second-order valence-corrected chi connectivity index (χ2v) is 12.7. The van der Waals surface area contributed by atoms with Crippen LogP contribution in [0.2, 0.25) is 0 Å². The van der Waals surface area contributed by atoms with E-state index in [0.29, 0.717) is 10.8 Å². The van der Waals surface area contributed by atoms with Gasteiger partial charge in [-0.25, -0.2) is 0 Å². The molecule has 0 saturated heterocycles. The smallest absolute Gasteiger partial charge is 0.0543 e. The maximum absolute atomic E-state index is 10.3. The number of fused-ring (bicyclic) bond motifs is 5. The molecule has 172 valence electrons. The fourth-order valence-corrected chi connectivity index (χ4v) is 9.09. The monoisotopic (exact) mass is 414 g/mol. The maximum Gasteiger partial charge on any atom is 0.0543 e. The van der Waals surface area contributed by atoms with E-state index in [9.17, 15) is 5.11 Å². The Hall–Kier alpha value is -0.300. The van der Waals surface area contributed by atoms with Crippen LogP contribution in [0.25, 0.3) is 0 Å². The van der Waals surface area contributed by atoms with Gasteiger partial charge in [-0.1, -0.05) is 78.4 Å². The van der Waals surface area contributed by atoms with Crippen molar-refractivity contribution in [3.63, 3.8) is 0 Å². The molecule has 0 spiro atoms. The summed E-state index contributed by atoms with van der Waals surface area (Å²) in [6.45, 7) is 12.6. The molecule has 2 unspecified atom stereocenters. The van der Waals surface area contributed by atoms with Crippen LogP contribution in [0.15, 0.2) is 11.6 Å². The van der Waals surface area contributed by atoms with E-state index < -0.39 is 0 Å². The Balaban J connectivity index is 1.43. The SMILES string of the molecule is CCCC(C)CCC[C@@H](C)[C@H]1CC[C@H]2C3=CCC4C[C@@H](O)CC[C@]4(C)[C@H]3CC[C@]12C. The Labute approximate surface area is 187 Å². The average molecular weight is 415 g/mol. The zero-order chi connectivity index (χ0) is 21.5. The largest absolute Gasteiger partial charge is 0.393 e. The van der Waals surface area contributed by atoms with Crippen molar-refractivity contribution in [2.75, 3.05) is 0 Å². The quantitative estimate of drug-likeness (QED) is 0.416. The van der Waals surface area contributed by atoms with Gasteiger partial charge in [-0.2, -0.15) is 0 Å². The van der Waals surface area contributed by atoms with Crippen LogP contribution in [0.5, 0.6) is 0 Å². The third kappa shape index (κ3) is 3.95. The zero-order valence-corrected chi connectivity index (χ0v) is 20.8. The van der Waals surface area contributed by atoms with Gasteiger partial charge in [0.1, 0.15) is 0 Å². The zero-order valence-electron chi connectivity index (χ0n) is 20.8. The van der Waals surface area contributed by atoms with Gasteiger partial charge in [0, 0.05) is 0 Å². The van der Waals surface area contributed by atoms with Crippen molar-refractivity contribution in [1.82, 2.24) is 0 Å². The van der Waals surface area contributed by atoms with Crippen molar-refractivity contribution in [3.8, 4) is 0 Å². The highest BCUT2D eigenvalue weighted by Crippen LogP contribution is 2.66. The summed E-state index contributed by atoms with van der Waals surface area (Å²) in [6, 6.07) is 0. The number of allylic oxidation sites excluding steroid dienone is 2. The number of hydrogen-bond acceptors (Lipinski definition) is 1. The van der Waals surface area contributed by atoms with Gasteiger partial charge >= 0.3 is 0 Å². The summed E-state index contributed by atoms with van der Waals surface area (Å²) in [6.07, 6.45) is 20.1. The molecule has 1 N–H and O–H groups in total. The summed E-state index contributed by atoms with van der Waals surface area (Å²) >= 11 is 0. The van der Waals surface area contributed by atoms with Crippen LogP contribution >= 0.6 is 0 Å². The molecule has 0 radical (unpaired) electrons. The van der Waals surface area contributed by atoms with Crippen molar-refractivity contribution >= 4 is 0 Å². The molecule has 0 aromatic carbocycles. The summed E-state index contributed by atoms with van der Waals surface area (Å²) < 4.78 is 0. The lowest BCUT2D eigenvalue weighted by Crippen LogP contribution is -2.49. The van der Waals surface area contributed by atoms with Crippen molar-refractivity contribution in [3.05, 3.63) is 11.6 Å². The maximum atomic E-state index is 10.3. The lowest BCUT2D eigenvalue weighted by Gasteiger charge is -2.57. The third-order valence-corrected chi connectivity index (χ3v) is 11.0. The molecular formula is C29H50O. The van der Waals surface area contributed by atoms with E-state index >= 15 is 0 Å². The highest BCUT2D eigenvalue weighted by molar-refractivity contribution is 5.27. The Morgan fingerprint density at radius 1 is 0.967 bits per heavy atom. The summed E-state index contributed by atoms with van der Waals surface area (Å²) in [7, 11) is 0. The predicted molar refractivity (Wildman–Crippen MR) is 128 cm³/mol. The van der Waals surface area contributed by atoms with Gasteiger partial charge in [0.25, 0.3) is 0 Å². The highest BCUT2D eigenvalue weighted by Gasteiger charge is 2.58. The van der Waals surface area contributed by atoms with E-state index in [0.717, 1.165) is 48.3 Å². The Kier molecular flexibility index (Phi) is 6.80. The molecule has 0 aliphatic heterocycles. The number of aliphatic hydroxyl groups is 1. The average Bonchev–Trinajstić information content (AvgIpc) is 3.06. The van der Waals surface area contributed by atoms with Crippen molar-refractivity contribution in [1.29, 1.82) is 0 Å². The molecule has 0 bridgehead atoms. The molecule has 3 fully saturated rings. The minimum absolute atomic E-state index is 0.0383. The number of hydrogen-bond donors (Lipinski definition) is 1. The Morgan fingerprint density at radius 3 is 2.47 bits per heavy atom. The molecule has 0 aromatic heterocycles. The second-order valence-electron chi connectivity index (χ2n) is 12.7. The molecule has 4 aliphatic rings. The second kappa shape index (κ2) is 8.92. The lowest BCUT2D eigenvalue weighted by molar-refractivity contribution is -0.0427. The summed E-state index contributed by atoms with van der Waals surface area (Å²) in [5.74, 6) is 5.13. The molecule has 0 amide bonds.